The van der Waals surface area contributed by atoms with Gasteiger partial charge in [-0.05, 0) is 31.3 Å². The molecule has 1 aliphatic rings. The predicted molar refractivity (Wildman–Crippen MR) is 55.0 cm³/mol. The van der Waals surface area contributed by atoms with E-state index < -0.39 is 0 Å². The fraction of sp³-hybridized carbons (Fsp3) is 0.667. The van der Waals surface area contributed by atoms with Gasteiger partial charge in [0.1, 0.15) is 0 Å². The summed E-state index contributed by atoms with van der Waals surface area (Å²) < 4.78 is 0.727. The number of hydrogen-bond acceptors (Lipinski definition) is 1. The van der Waals surface area contributed by atoms with Gasteiger partial charge in [0, 0.05) is 3.92 Å². The molecule has 0 radical (unpaired) electrons. The summed E-state index contributed by atoms with van der Waals surface area (Å²) in [5.41, 5.74) is 1.04. The maximum atomic E-state index is 11.0. The maximum absolute atomic E-state index is 11.0. The largest absolute Gasteiger partial charge is 0.295 e. The number of allylic oxidation sites excluding steroid dienone is 2. The summed E-state index contributed by atoms with van der Waals surface area (Å²) in [4.78, 5) is 11.0. The number of Topliss-reactive ketones (excluding diaryl/α,β-unsaturated/α-hetero) is 1. The first-order chi connectivity index (χ1) is 5.11. The quantitative estimate of drug-likeness (QED) is 0.525. The standard InChI is InChI=1S/C9H13IO/c1-6-5-8(10)3-4-9(6)7(2)11/h4,6,8H,3,5H2,1-2H3/t6-,8-/m0/s1. The Morgan fingerprint density at radius 3 is 2.82 bits per heavy atom. The van der Waals surface area contributed by atoms with Crippen LogP contribution in [0.15, 0.2) is 11.6 Å². The number of alkyl halides is 1. The number of carbonyl (C=O) groups is 1. The van der Waals surface area contributed by atoms with Crippen LogP contribution in [0.5, 0.6) is 0 Å². The van der Waals surface area contributed by atoms with Gasteiger partial charge in [-0.1, -0.05) is 35.6 Å². The molecule has 0 fully saturated rings. The molecule has 1 rings (SSSR count). The van der Waals surface area contributed by atoms with E-state index in [1.54, 1.807) is 6.92 Å². The van der Waals surface area contributed by atoms with Crippen LogP contribution in [-0.2, 0) is 4.79 Å². The van der Waals surface area contributed by atoms with Gasteiger partial charge in [0.25, 0.3) is 0 Å². The Labute approximate surface area is 81.4 Å². The predicted octanol–water partition coefficient (Wildman–Crippen LogP) is 2.74. The molecule has 62 valence electrons. The van der Waals surface area contributed by atoms with Gasteiger partial charge in [-0.25, -0.2) is 0 Å². The Morgan fingerprint density at radius 2 is 2.36 bits per heavy atom. The van der Waals surface area contributed by atoms with Crippen molar-refractivity contribution < 1.29 is 4.79 Å². The number of carbonyl (C=O) groups excluding carboxylic acids is 1. The van der Waals surface area contributed by atoms with E-state index in [2.05, 4.69) is 35.6 Å². The fourth-order valence-electron chi connectivity index (χ4n) is 1.55. The molecule has 11 heavy (non-hydrogen) atoms. The molecule has 1 aliphatic carbocycles. The zero-order chi connectivity index (χ0) is 8.43. The average molecular weight is 264 g/mol. The van der Waals surface area contributed by atoms with Crippen molar-refractivity contribution in [3.8, 4) is 0 Å². The van der Waals surface area contributed by atoms with Crippen LogP contribution in [0, 0.1) is 5.92 Å². The van der Waals surface area contributed by atoms with E-state index in [0.29, 0.717) is 5.92 Å². The first-order valence-electron chi connectivity index (χ1n) is 3.96. The van der Waals surface area contributed by atoms with Gasteiger partial charge in [-0.2, -0.15) is 0 Å². The molecule has 0 aromatic heterocycles. The molecule has 0 amide bonds. The minimum atomic E-state index is 0.251. The Kier molecular flexibility index (Phi) is 3.10. The Morgan fingerprint density at radius 1 is 1.73 bits per heavy atom. The van der Waals surface area contributed by atoms with E-state index in [4.69, 9.17) is 0 Å². The van der Waals surface area contributed by atoms with Crippen LogP contribution in [0.3, 0.4) is 0 Å². The van der Waals surface area contributed by atoms with Crippen molar-refractivity contribution in [1.82, 2.24) is 0 Å². The van der Waals surface area contributed by atoms with E-state index in [1.165, 1.54) is 0 Å². The van der Waals surface area contributed by atoms with Gasteiger partial charge in [-0.3, -0.25) is 4.79 Å². The number of ketones is 1. The van der Waals surface area contributed by atoms with Crippen LogP contribution >= 0.6 is 22.6 Å². The van der Waals surface area contributed by atoms with Gasteiger partial charge in [0.15, 0.2) is 5.78 Å². The third-order valence-electron chi connectivity index (χ3n) is 2.14. The summed E-state index contributed by atoms with van der Waals surface area (Å²) in [6.45, 7) is 3.80. The molecule has 0 aliphatic heterocycles. The van der Waals surface area contributed by atoms with Gasteiger partial charge in [-0.15, -0.1) is 0 Å². The lowest BCUT2D eigenvalue weighted by Crippen LogP contribution is -2.17. The lowest BCUT2D eigenvalue weighted by atomic mass is 9.87. The van der Waals surface area contributed by atoms with Crippen LogP contribution in [0.25, 0.3) is 0 Å². The molecule has 2 atom stereocenters. The molecular formula is C9H13IO. The molecule has 0 saturated heterocycles. The van der Waals surface area contributed by atoms with Crippen molar-refractivity contribution >= 4 is 28.4 Å². The topological polar surface area (TPSA) is 17.1 Å². The Hall–Kier alpha value is 0.140. The van der Waals surface area contributed by atoms with E-state index in [-0.39, 0.29) is 5.78 Å². The first-order valence-corrected chi connectivity index (χ1v) is 5.21. The van der Waals surface area contributed by atoms with Crippen molar-refractivity contribution in [2.45, 2.75) is 30.6 Å². The van der Waals surface area contributed by atoms with Gasteiger partial charge >= 0.3 is 0 Å². The molecule has 0 bridgehead atoms. The van der Waals surface area contributed by atoms with Crippen LogP contribution in [0.4, 0.5) is 0 Å². The SMILES string of the molecule is CC(=O)C1=CC[C@H](I)C[C@@H]1C. The third-order valence-corrected chi connectivity index (χ3v) is 3.16. The lowest BCUT2D eigenvalue weighted by Gasteiger charge is -2.22. The first kappa shape index (κ1) is 9.23. The molecule has 0 aromatic rings. The summed E-state index contributed by atoms with van der Waals surface area (Å²) in [5, 5.41) is 0. The number of rotatable bonds is 1. The van der Waals surface area contributed by atoms with E-state index in [0.717, 1.165) is 22.3 Å². The van der Waals surface area contributed by atoms with E-state index >= 15 is 0 Å². The van der Waals surface area contributed by atoms with E-state index in [9.17, 15) is 4.79 Å². The third kappa shape index (κ3) is 2.29. The molecule has 0 saturated carbocycles. The molecular weight excluding hydrogens is 251 g/mol. The van der Waals surface area contributed by atoms with Gasteiger partial charge in [0.05, 0.1) is 0 Å². The van der Waals surface area contributed by atoms with Crippen molar-refractivity contribution in [3.63, 3.8) is 0 Å². The highest BCUT2D eigenvalue weighted by Gasteiger charge is 2.20. The summed E-state index contributed by atoms with van der Waals surface area (Å²) >= 11 is 2.45. The second-order valence-electron chi connectivity index (χ2n) is 3.19. The Balaban J connectivity index is 2.72. The zero-order valence-corrected chi connectivity index (χ0v) is 9.09. The van der Waals surface area contributed by atoms with Crippen molar-refractivity contribution in [3.05, 3.63) is 11.6 Å². The van der Waals surface area contributed by atoms with Crippen molar-refractivity contribution in [2.24, 2.45) is 5.92 Å². The summed E-state index contributed by atoms with van der Waals surface area (Å²) in [7, 11) is 0. The fourth-order valence-corrected chi connectivity index (χ4v) is 2.57. The van der Waals surface area contributed by atoms with Crippen molar-refractivity contribution in [1.29, 1.82) is 0 Å². The monoisotopic (exact) mass is 264 g/mol. The highest BCUT2D eigenvalue weighted by molar-refractivity contribution is 14.1. The average Bonchev–Trinajstić information content (AvgIpc) is 1.85. The van der Waals surface area contributed by atoms with Crippen molar-refractivity contribution in [2.75, 3.05) is 0 Å². The normalized spacial score (nSPS) is 31.4. The Bertz CT molecular complexity index is 196. The highest BCUT2D eigenvalue weighted by Crippen LogP contribution is 2.29. The molecule has 0 spiro atoms. The molecule has 1 nitrogen and oxygen atoms in total. The molecule has 2 heteroatoms. The van der Waals surface area contributed by atoms with Crippen LogP contribution in [0.2, 0.25) is 0 Å². The lowest BCUT2D eigenvalue weighted by molar-refractivity contribution is -0.114. The van der Waals surface area contributed by atoms with Crippen LogP contribution in [-0.4, -0.2) is 9.71 Å². The maximum Gasteiger partial charge on any atom is 0.155 e. The van der Waals surface area contributed by atoms with Gasteiger partial charge < -0.3 is 0 Å². The van der Waals surface area contributed by atoms with E-state index in [1.807, 2.05) is 0 Å². The van der Waals surface area contributed by atoms with Crippen LogP contribution < -0.4 is 0 Å². The second-order valence-corrected chi connectivity index (χ2v) is 4.95. The number of halogens is 1. The smallest absolute Gasteiger partial charge is 0.155 e. The molecule has 0 N–H and O–H groups in total. The molecule has 0 heterocycles. The summed E-state index contributed by atoms with van der Waals surface area (Å²) in [5.74, 6) is 0.726. The van der Waals surface area contributed by atoms with Crippen LogP contribution in [0.1, 0.15) is 26.7 Å². The molecule has 0 aromatic carbocycles. The minimum Gasteiger partial charge on any atom is -0.295 e. The summed E-state index contributed by atoms with van der Waals surface area (Å²) in [6.07, 6.45) is 4.33. The second kappa shape index (κ2) is 3.70. The minimum absolute atomic E-state index is 0.251. The zero-order valence-electron chi connectivity index (χ0n) is 6.93. The molecule has 0 unspecified atom stereocenters. The number of hydrogen-bond donors (Lipinski definition) is 0. The highest BCUT2D eigenvalue weighted by atomic mass is 127. The van der Waals surface area contributed by atoms with Gasteiger partial charge in [0.2, 0.25) is 0 Å². The summed E-state index contributed by atoms with van der Waals surface area (Å²) in [6, 6.07) is 0.